The maximum Gasteiger partial charge on any atom is 0.291 e. The Morgan fingerprint density at radius 2 is 2.17 bits per heavy atom. The van der Waals surface area contributed by atoms with Crippen LogP contribution in [0.25, 0.3) is 5.69 Å². The van der Waals surface area contributed by atoms with E-state index >= 15 is 0 Å². The smallest absolute Gasteiger partial charge is 0.291 e. The second-order valence-corrected chi connectivity index (χ2v) is 6.24. The van der Waals surface area contributed by atoms with Gasteiger partial charge in [-0.2, -0.15) is 0 Å². The number of amides is 1. The molecule has 2 N–H and O–H groups in total. The van der Waals surface area contributed by atoms with Crippen molar-refractivity contribution in [1.29, 1.82) is 0 Å². The molecule has 1 unspecified atom stereocenters. The van der Waals surface area contributed by atoms with E-state index < -0.39 is 0 Å². The molecule has 0 bridgehead atoms. The Kier molecular flexibility index (Phi) is 4.63. The van der Waals surface area contributed by atoms with Crippen molar-refractivity contribution in [3.63, 3.8) is 0 Å². The third kappa shape index (κ3) is 3.54. The molecule has 1 atom stereocenters. The maximum atomic E-state index is 12.3. The van der Waals surface area contributed by atoms with Crippen molar-refractivity contribution in [1.82, 2.24) is 25.4 Å². The average molecular weight is 334 g/mol. The number of para-hydroxylation sites is 1. The highest BCUT2D eigenvalue weighted by molar-refractivity contribution is 6.32. The first-order chi connectivity index (χ1) is 11.1. The van der Waals surface area contributed by atoms with E-state index in [0.717, 1.165) is 24.4 Å². The lowest BCUT2D eigenvalue weighted by Gasteiger charge is -2.09. The number of likely N-dealkylation sites (N-methyl/N-ethyl adjacent to an activating group) is 1. The van der Waals surface area contributed by atoms with Gasteiger partial charge in [-0.05, 0) is 38.9 Å². The van der Waals surface area contributed by atoms with Crippen molar-refractivity contribution in [3.05, 3.63) is 40.9 Å². The van der Waals surface area contributed by atoms with Crippen molar-refractivity contribution < 1.29 is 4.79 Å². The second-order valence-electron chi connectivity index (χ2n) is 5.83. The van der Waals surface area contributed by atoms with Gasteiger partial charge in [0.25, 0.3) is 5.91 Å². The minimum atomic E-state index is -0.264. The molecule has 7 heteroatoms. The van der Waals surface area contributed by atoms with Crippen molar-refractivity contribution in [2.75, 3.05) is 13.6 Å². The topological polar surface area (TPSA) is 71.8 Å². The molecule has 0 spiro atoms. The molecule has 1 fully saturated rings. The molecule has 122 valence electrons. The van der Waals surface area contributed by atoms with Crippen molar-refractivity contribution in [2.45, 2.75) is 31.7 Å². The number of carbonyl (C=O) groups excluding carboxylic acids is 1. The van der Waals surface area contributed by atoms with Crippen LogP contribution in [0.3, 0.4) is 0 Å². The fraction of sp³-hybridized carbons (Fsp3) is 0.438. The van der Waals surface area contributed by atoms with E-state index in [4.69, 9.17) is 11.6 Å². The summed E-state index contributed by atoms with van der Waals surface area (Å²) in [5.74, 6) is 1.09. The van der Waals surface area contributed by atoms with Gasteiger partial charge in [0, 0.05) is 18.5 Å². The molecule has 1 aliphatic rings. The van der Waals surface area contributed by atoms with Gasteiger partial charge >= 0.3 is 0 Å². The number of hydrogen-bond acceptors (Lipinski definition) is 4. The number of rotatable bonds is 6. The molecule has 1 aliphatic carbocycles. The predicted molar refractivity (Wildman–Crippen MR) is 89.2 cm³/mol. The summed E-state index contributed by atoms with van der Waals surface area (Å²) in [5.41, 5.74) is 0.756. The first-order valence-corrected chi connectivity index (χ1v) is 8.15. The quantitative estimate of drug-likeness (QED) is 0.849. The average Bonchev–Trinajstić information content (AvgIpc) is 3.31. The van der Waals surface area contributed by atoms with Crippen LogP contribution >= 0.6 is 11.6 Å². The van der Waals surface area contributed by atoms with E-state index in [1.54, 1.807) is 4.68 Å². The van der Waals surface area contributed by atoms with Gasteiger partial charge in [0.15, 0.2) is 0 Å². The molecular formula is C16H20ClN5O. The number of carbonyl (C=O) groups is 1. The Hall–Kier alpha value is -1.92. The van der Waals surface area contributed by atoms with Gasteiger partial charge in [-0.25, -0.2) is 9.67 Å². The number of nitrogens with zero attached hydrogens (tertiary/aromatic N) is 3. The van der Waals surface area contributed by atoms with Crippen LogP contribution in [0.5, 0.6) is 0 Å². The van der Waals surface area contributed by atoms with Gasteiger partial charge in [0.2, 0.25) is 5.82 Å². The van der Waals surface area contributed by atoms with E-state index in [1.165, 1.54) is 0 Å². The largest absolute Gasteiger partial charge is 0.348 e. The number of nitrogens with one attached hydrogen (secondary N) is 2. The Balaban J connectivity index is 1.88. The highest BCUT2D eigenvalue weighted by atomic mass is 35.5. The minimum absolute atomic E-state index is 0.188. The Bertz CT molecular complexity index is 710. The first-order valence-electron chi connectivity index (χ1n) is 7.77. The number of aromatic nitrogens is 3. The summed E-state index contributed by atoms with van der Waals surface area (Å²) < 4.78 is 1.70. The molecule has 2 aromatic rings. The second kappa shape index (κ2) is 6.68. The van der Waals surface area contributed by atoms with Gasteiger partial charge in [-0.15, -0.1) is 5.10 Å². The highest BCUT2D eigenvalue weighted by Crippen LogP contribution is 2.40. The summed E-state index contributed by atoms with van der Waals surface area (Å²) in [6, 6.07) is 7.64. The van der Waals surface area contributed by atoms with E-state index in [-0.39, 0.29) is 17.8 Å². The third-order valence-electron chi connectivity index (χ3n) is 3.92. The minimum Gasteiger partial charge on any atom is -0.348 e. The summed E-state index contributed by atoms with van der Waals surface area (Å²) >= 11 is 6.27. The fourth-order valence-electron chi connectivity index (χ4n) is 2.25. The Morgan fingerprint density at radius 3 is 2.83 bits per heavy atom. The summed E-state index contributed by atoms with van der Waals surface area (Å²) in [6.45, 7) is 2.51. The van der Waals surface area contributed by atoms with E-state index in [2.05, 4.69) is 20.7 Å². The zero-order valence-corrected chi connectivity index (χ0v) is 14.0. The Morgan fingerprint density at radius 1 is 1.43 bits per heavy atom. The van der Waals surface area contributed by atoms with E-state index in [1.807, 2.05) is 38.2 Å². The van der Waals surface area contributed by atoms with Crippen LogP contribution in [-0.4, -0.2) is 40.3 Å². The van der Waals surface area contributed by atoms with E-state index in [9.17, 15) is 4.79 Å². The molecule has 0 saturated heterocycles. The van der Waals surface area contributed by atoms with Gasteiger partial charge < -0.3 is 10.6 Å². The zero-order valence-electron chi connectivity index (χ0n) is 13.2. The maximum absolute atomic E-state index is 12.3. The zero-order chi connectivity index (χ0) is 16.4. The molecule has 1 heterocycles. The number of benzene rings is 1. The third-order valence-corrected chi connectivity index (χ3v) is 4.24. The van der Waals surface area contributed by atoms with Crippen molar-refractivity contribution in [2.24, 2.45) is 0 Å². The fourth-order valence-corrected chi connectivity index (χ4v) is 2.47. The summed E-state index contributed by atoms with van der Waals surface area (Å²) in [5, 5.41) is 10.9. The lowest BCUT2D eigenvalue weighted by atomic mass is 10.3. The number of halogens is 1. The summed E-state index contributed by atoms with van der Waals surface area (Å²) in [7, 11) is 1.85. The lowest BCUT2D eigenvalue weighted by molar-refractivity contribution is 0.0940. The lowest BCUT2D eigenvalue weighted by Crippen LogP contribution is -2.37. The first kappa shape index (κ1) is 16.0. The SMILES string of the molecule is CNC(C)CNC(=O)c1nc(C2CC2)n(-c2ccccc2Cl)n1. The molecule has 0 aliphatic heterocycles. The van der Waals surface area contributed by atoms with Crippen molar-refractivity contribution in [3.8, 4) is 5.69 Å². The van der Waals surface area contributed by atoms with Gasteiger partial charge in [0.05, 0.1) is 10.7 Å². The molecule has 1 aromatic heterocycles. The van der Waals surface area contributed by atoms with Crippen molar-refractivity contribution >= 4 is 17.5 Å². The normalized spacial score (nSPS) is 15.4. The molecule has 1 saturated carbocycles. The molecule has 3 rings (SSSR count). The van der Waals surface area contributed by atoms with Crippen LogP contribution in [0.1, 0.15) is 42.1 Å². The molecule has 0 radical (unpaired) electrons. The van der Waals surface area contributed by atoms with Crippen LogP contribution in [0.4, 0.5) is 0 Å². The number of hydrogen-bond donors (Lipinski definition) is 2. The van der Waals surface area contributed by atoms with Crippen LogP contribution in [-0.2, 0) is 0 Å². The summed E-state index contributed by atoms with van der Waals surface area (Å²) in [4.78, 5) is 16.7. The monoisotopic (exact) mass is 333 g/mol. The molecule has 23 heavy (non-hydrogen) atoms. The van der Waals surface area contributed by atoms with Crippen LogP contribution < -0.4 is 10.6 Å². The van der Waals surface area contributed by atoms with Gasteiger partial charge in [-0.3, -0.25) is 4.79 Å². The van der Waals surface area contributed by atoms with Crippen LogP contribution in [0.2, 0.25) is 5.02 Å². The van der Waals surface area contributed by atoms with Gasteiger partial charge in [0.1, 0.15) is 5.82 Å². The molecule has 1 aromatic carbocycles. The summed E-state index contributed by atoms with van der Waals surface area (Å²) in [6.07, 6.45) is 2.14. The molecule has 6 nitrogen and oxygen atoms in total. The standard InChI is InChI=1S/C16H20ClN5O/c1-10(18-2)9-19-16(23)14-20-15(11-7-8-11)22(21-14)13-6-4-3-5-12(13)17/h3-6,10-11,18H,7-9H2,1-2H3,(H,19,23). The molecular weight excluding hydrogens is 314 g/mol. The highest BCUT2D eigenvalue weighted by Gasteiger charge is 2.32. The van der Waals surface area contributed by atoms with Gasteiger partial charge in [-0.1, -0.05) is 23.7 Å². The van der Waals surface area contributed by atoms with Crippen LogP contribution in [0, 0.1) is 0 Å². The predicted octanol–water partition coefficient (Wildman–Crippen LogP) is 2.14. The van der Waals surface area contributed by atoms with Crippen LogP contribution in [0.15, 0.2) is 24.3 Å². The van der Waals surface area contributed by atoms with E-state index in [0.29, 0.717) is 17.5 Å². The molecule has 1 amide bonds. The Labute approximate surface area is 140 Å².